The Morgan fingerprint density at radius 2 is 1.49 bits per heavy atom. The first-order valence-corrected chi connectivity index (χ1v) is 13.9. The molecule has 0 spiro atoms. The maximum absolute atomic E-state index is 13.4. The van der Waals surface area contributed by atoms with Crippen LogP contribution < -0.4 is 4.74 Å². The summed E-state index contributed by atoms with van der Waals surface area (Å²) in [6, 6.07) is 31.2. The summed E-state index contributed by atoms with van der Waals surface area (Å²) in [7, 11) is 0. The van der Waals surface area contributed by atoms with Crippen molar-refractivity contribution in [2.75, 3.05) is 0 Å². The summed E-state index contributed by atoms with van der Waals surface area (Å²) < 4.78 is 6.37. The van der Waals surface area contributed by atoms with E-state index in [1.165, 1.54) is 4.90 Å². The number of amides is 2. The van der Waals surface area contributed by atoms with E-state index in [4.69, 9.17) is 27.9 Å². The van der Waals surface area contributed by atoms with Gasteiger partial charge >= 0.3 is 0 Å². The molecule has 0 bridgehead atoms. The number of nitrogens with zero attached hydrogens (tertiary/aromatic N) is 1. The zero-order valence-electron chi connectivity index (χ0n) is 20.6. The molecule has 39 heavy (non-hydrogen) atoms. The van der Waals surface area contributed by atoms with Gasteiger partial charge < -0.3 is 4.74 Å². The van der Waals surface area contributed by atoms with E-state index in [0.29, 0.717) is 32.9 Å². The number of imide groups is 1. The number of benzene rings is 5. The molecule has 0 atom stereocenters. The molecule has 7 heteroatoms. The highest BCUT2D eigenvalue weighted by Crippen LogP contribution is 2.38. The van der Waals surface area contributed by atoms with Crippen LogP contribution in [0.5, 0.6) is 5.75 Å². The highest BCUT2D eigenvalue weighted by atomic mass is 35.5. The molecule has 5 aromatic rings. The molecule has 5 aromatic carbocycles. The maximum Gasteiger partial charge on any atom is 0.293 e. The lowest BCUT2D eigenvalue weighted by atomic mass is 10.0. The normalized spacial score (nSPS) is 14.6. The monoisotopic (exact) mass is 569 g/mol. The standard InChI is InChI=1S/C32H21Cl2NO3S/c33-24-14-12-22(28(34)16-24)18-35-31(36)30(39-32(35)37)17-27-26-11-4-2-7-21(26)13-15-29(27)38-19-23-9-5-8-20-6-1-3-10-25(20)23/h1-17H,18-19H2/b30-17-. The molecule has 1 aliphatic rings. The number of carbonyl (C=O) groups is 2. The van der Waals surface area contributed by atoms with E-state index < -0.39 is 0 Å². The van der Waals surface area contributed by atoms with Gasteiger partial charge in [-0.25, -0.2) is 0 Å². The van der Waals surface area contributed by atoms with Crippen molar-refractivity contribution in [1.29, 1.82) is 0 Å². The fraction of sp³-hybridized carbons (Fsp3) is 0.0625. The van der Waals surface area contributed by atoms with Gasteiger partial charge in [-0.1, -0.05) is 102 Å². The third-order valence-electron chi connectivity index (χ3n) is 6.69. The number of carbonyl (C=O) groups excluding carboxylic acids is 2. The number of ether oxygens (including phenoxy) is 1. The van der Waals surface area contributed by atoms with Crippen LogP contribution in [0.2, 0.25) is 10.0 Å². The van der Waals surface area contributed by atoms with Crippen molar-refractivity contribution in [2.45, 2.75) is 13.2 Å². The average Bonchev–Trinajstić information content (AvgIpc) is 3.21. The van der Waals surface area contributed by atoms with Gasteiger partial charge in [-0.05, 0) is 68.7 Å². The summed E-state index contributed by atoms with van der Waals surface area (Å²) in [6.07, 6.45) is 1.76. The van der Waals surface area contributed by atoms with E-state index >= 15 is 0 Å². The molecular formula is C32H21Cl2NO3S. The molecule has 2 amide bonds. The van der Waals surface area contributed by atoms with Crippen LogP contribution in [-0.2, 0) is 17.9 Å². The number of hydrogen-bond donors (Lipinski definition) is 0. The second kappa shape index (κ2) is 10.8. The van der Waals surface area contributed by atoms with Crippen LogP contribution in [0, 0.1) is 0 Å². The average molecular weight is 570 g/mol. The Morgan fingerprint density at radius 3 is 2.28 bits per heavy atom. The van der Waals surface area contributed by atoms with E-state index in [0.717, 1.165) is 44.4 Å². The van der Waals surface area contributed by atoms with E-state index in [2.05, 4.69) is 24.3 Å². The van der Waals surface area contributed by atoms with Crippen LogP contribution in [0.25, 0.3) is 27.6 Å². The Balaban J connectivity index is 1.34. The van der Waals surface area contributed by atoms with Gasteiger partial charge in [0.15, 0.2) is 0 Å². The third-order valence-corrected chi connectivity index (χ3v) is 8.18. The predicted molar refractivity (Wildman–Crippen MR) is 160 cm³/mol. The Morgan fingerprint density at radius 1 is 0.769 bits per heavy atom. The highest BCUT2D eigenvalue weighted by molar-refractivity contribution is 8.18. The number of fused-ring (bicyclic) bond motifs is 2. The predicted octanol–water partition coefficient (Wildman–Crippen LogP) is 9.12. The molecule has 0 aliphatic carbocycles. The highest BCUT2D eigenvalue weighted by Gasteiger charge is 2.35. The van der Waals surface area contributed by atoms with Gasteiger partial charge in [-0.2, -0.15) is 0 Å². The molecule has 0 aromatic heterocycles. The lowest BCUT2D eigenvalue weighted by Gasteiger charge is -2.15. The van der Waals surface area contributed by atoms with Gasteiger partial charge in [-0.3, -0.25) is 14.5 Å². The quantitative estimate of drug-likeness (QED) is 0.191. The molecule has 0 saturated carbocycles. The summed E-state index contributed by atoms with van der Waals surface area (Å²) in [5.74, 6) is 0.262. The van der Waals surface area contributed by atoms with Crippen molar-refractivity contribution < 1.29 is 14.3 Å². The topological polar surface area (TPSA) is 46.6 Å². The number of thioether (sulfide) groups is 1. The minimum absolute atomic E-state index is 0.0674. The van der Waals surface area contributed by atoms with Crippen LogP contribution in [0.3, 0.4) is 0 Å². The number of hydrogen-bond acceptors (Lipinski definition) is 4. The van der Waals surface area contributed by atoms with Crippen LogP contribution in [0.1, 0.15) is 16.7 Å². The van der Waals surface area contributed by atoms with Gasteiger partial charge in [0.2, 0.25) is 0 Å². The first kappa shape index (κ1) is 25.5. The third kappa shape index (κ3) is 5.13. The smallest absolute Gasteiger partial charge is 0.293 e. The molecule has 0 N–H and O–H groups in total. The molecule has 1 saturated heterocycles. The largest absolute Gasteiger partial charge is 0.488 e. The Kier molecular flexibility index (Phi) is 7.05. The second-order valence-electron chi connectivity index (χ2n) is 9.13. The zero-order valence-corrected chi connectivity index (χ0v) is 22.9. The van der Waals surface area contributed by atoms with E-state index in [1.54, 1.807) is 24.3 Å². The summed E-state index contributed by atoms with van der Waals surface area (Å²) >= 11 is 13.2. The molecule has 0 unspecified atom stereocenters. The summed E-state index contributed by atoms with van der Waals surface area (Å²) in [5, 5.41) is 4.76. The molecular weight excluding hydrogens is 549 g/mol. The van der Waals surface area contributed by atoms with E-state index in [-0.39, 0.29) is 17.7 Å². The van der Waals surface area contributed by atoms with Gasteiger partial charge in [-0.15, -0.1) is 0 Å². The van der Waals surface area contributed by atoms with E-state index in [9.17, 15) is 9.59 Å². The van der Waals surface area contributed by atoms with Crippen molar-refractivity contribution in [2.24, 2.45) is 0 Å². The van der Waals surface area contributed by atoms with Crippen molar-refractivity contribution in [1.82, 2.24) is 4.90 Å². The van der Waals surface area contributed by atoms with Crippen molar-refractivity contribution in [3.63, 3.8) is 0 Å². The van der Waals surface area contributed by atoms with Crippen LogP contribution >= 0.6 is 35.0 Å². The first-order valence-electron chi connectivity index (χ1n) is 12.3. The fourth-order valence-corrected chi connectivity index (χ4v) is 6.00. The SMILES string of the molecule is O=C1S/C(=C\c2c(OCc3cccc4ccccc34)ccc3ccccc23)C(=O)N1Cc1ccc(Cl)cc1Cl. The molecule has 1 heterocycles. The first-order chi connectivity index (χ1) is 19.0. The van der Waals surface area contributed by atoms with Gasteiger partial charge in [0, 0.05) is 15.6 Å². The Labute approximate surface area is 239 Å². The minimum Gasteiger partial charge on any atom is -0.488 e. The zero-order chi connectivity index (χ0) is 26.9. The van der Waals surface area contributed by atoms with Crippen LogP contribution in [0.4, 0.5) is 4.79 Å². The van der Waals surface area contributed by atoms with Crippen molar-refractivity contribution in [3.05, 3.63) is 129 Å². The Hall–Kier alpha value is -3.77. The summed E-state index contributed by atoms with van der Waals surface area (Å²) in [4.78, 5) is 27.8. The molecule has 192 valence electrons. The molecule has 6 rings (SSSR count). The van der Waals surface area contributed by atoms with E-state index in [1.807, 2.05) is 54.6 Å². The lowest BCUT2D eigenvalue weighted by Crippen LogP contribution is -2.27. The van der Waals surface area contributed by atoms with Crippen molar-refractivity contribution in [3.8, 4) is 5.75 Å². The molecule has 1 aliphatic heterocycles. The summed E-state index contributed by atoms with van der Waals surface area (Å²) in [5.41, 5.74) is 2.46. The van der Waals surface area contributed by atoms with Crippen molar-refractivity contribution >= 4 is 73.7 Å². The van der Waals surface area contributed by atoms with Gasteiger partial charge in [0.05, 0.1) is 11.4 Å². The maximum atomic E-state index is 13.4. The second-order valence-corrected chi connectivity index (χ2v) is 11.0. The minimum atomic E-state index is -0.371. The fourth-order valence-electron chi connectivity index (χ4n) is 4.71. The molecule has 4 nitrogen and oxygen atoms in total. The lowest BCUT2D eigenvalue weighted by molar-refractivity contribution is -0.123. The van der Waals surface area contributed by atoms with Gasteiger partial charge in [0.25, 0.3) is 11.1 Å². The van der Waals surface area contributed by atoms with Gasteiger partial charge in [0.1, 0.15) is 12.4 Å². The van der Waals surface area contributed by atoms with Crippen LogP contribution in [0.15, 0.2) is 102 Å². The molecule has 0 radical (unpaired) electrons. The van der Waals surface area contributed by atoms with Crippen LogP contribution in [-0.4, -0.2) is 16.0 Å². The number of rotatable bonds is 6. The molecule has 1 fully saturated rings. The Bertz CT molecular complexity index is 1790. The summed E-state index contributed by atoms with van der Waals surface area (Å²) in [6.45, 7) is 0.426. The number of halogens is 2.